The number of nitrogens with two attached hydrogens (primary N) is 1. The number of phenols is 1. The van der Waals surface area contributed by atoms with Crippen LogP contribution in [0.3, 0.4) is 0 Å². The van der Waals surface area contributed by atoms with E-state index in [4.69, 9.17) is 10.5 Å². The molecular formula is C46H57N3O6. The van der Waals surface area contributed by atoms with Crippen LogP contribution in [0.25, 0.3) is 0 Å². The highest BCUT2D eigenvalue weighted by Crippen LogP contribution is 2.40. The Morgan fingerprint density at radius 3 is 2.53 bits per heavy atom. The molecule has 4 aromatic rings. The topological polar surface area (TPSA) is 165 Å². The van der Waals surface area contributed by atoms with Crippen LogP contribution in [-0.4, -0.2) is 66.5 Å². The minimum atomic E-state index is -1.03. The quantitative estimate of drug-likeness (QED) is 0.0555. The zero-order valence-electron chi connectivity index (χ0n) is 31.8. The maximum Gasteiger partial charge on any atom is 0.161 e. The molecule has 2 aliphatic rings. The summed E-state index contributed by atoms with van der Waals surface area (Å²) in [7, 11) is 0. The summed E-state index contributed by atoms with van der Waals surface area (Å²) >= 11 is 0. The van der Waals surface area contributed by atoms with Crippen LogP contribution in [0.5, 0.6) is 11.5 Å². The molecule has 0 aliphatic heterocycles. The van der Waals surface area contributed by atoms with Crippen molar-refractivity contribution in [2.45, 2.75) is 101 Å². The standard InChI is InChI=1S/C46H57N3O6/c1-30(24-31-8-3-2-4-9-31)32-10-5-6-12-41(53)46-33(14-13-32)15-16-34(26-42(46)54)35-17-18-39(51)43(27-35)55-44(40(52)20-23-50)28-37(25-38-11-7-21-48-38)36-19-22-49-45(47)29-36/h2-4,7-9,11,15-19,21-22,27,29-30,32-34,37,40-42,44,46,48,50-54H,5-6,10,12,20,23-26,28H2,1H3,(H2,47,49)/t30-,32-,33-,34+,37+,40-,41+,42-,44-,46-/m1/s1. The zero-order chi connectivity index (χ0) is 38.7. The molecule has 6 rings (SSSR count). The molecule has 0 unspecified atom stereocenters. The Kier molecular flexibility index (Phi) is 14.1. The number of benzene rings is 2. The number of pyridine rings is 1. The second-order valence-corrected chi connectivity index (χ2v) is 15.6. The molecule has 0 saturated heterocycles. The van der Waals surface area contributed by atoms with Crippen LogP contribution in [0.4, 0.5) is 5.82 Å². The second kappa shape index (κ2) is 19.3. The molecule has 0 amide bonds. The smallest absolute Gasteiger partial charge is 0.161 e. The van der Waals surface area contributed by atoms with E-state index in [1.807, 2.05) is 42.6 Å². The molecule has 2 aromatic carbocycles. The number of ether oxygens (including phenoxy) is 1. The number of nitrogen functional groups attached to an aromatic ring is 1. The van der Waals surface area contributed by atoms with Gasteiger partial charge in [0.1, 0.15) is 11.9 Å². The van der Waals surface area contributed by atoms with E-state index in [1.165, 1.54) is 5.56 Å². The number of aromatic amines is 1. The highest BCUT2D eigenvalue weighted by Gasteiger charge is 2.37. The fourth-order valence-electron chi connectivity index (χ4n) is 8.46. The van der Waals surface area contributed by atoms with Gasteiger partial charge in [-0.2, -0.15) is 0 Å². The molecule has 0 fully saturated rings. The second-order valence-electron chi connectivity index (χ2n) is 15.6. The highest BCUT2D eigenvalue weighted by molar-refractivity contribution is 5.44. The summed E-state index contributed by atoms with van der Waals surface area (Å²) in [6, 6.07) is 23.4. The number of rotatable bonds is 14. The Morgan fingerprint density at radius 1 is 0.945 bits per heavy atom. The van der Waals surface area contributed by atoms with Crippen molar-refractivity contribution in [1.82, 2.24) is 9.97 Å². The third-order valence-electron chi connectivity index (χ3n) is 11.6. The Labute approximate surface area is 325 Å². The van der Waals surface area contributed by atoms with Crippen LogP contribution < -0.4 is 10.5 Å². The maximum atomic E-state index is 11.7. The largest absolute Gasteiger partial charge is 0.504 e. The predicted octanol–water partition coefficient (Wildman–Crippen LogP) is 6.67. The van der Waals surface area contributed by atoms with Gasteiger partial charge in [-0.3, -0.25) is 0 Å². The van der Waals surface area contributed by atoms with Crippen molar-refractivity contribution in [3.8, 4) is 23.3 Å². The third-order valence-corrected chi connectivity index (χ3v) is 11.6. The van der Waals surface area contributed by atoms with Gasteiger partial charge in [0.25, 0.3) is 0 Å². The number of aromatic nitrogens is 2. The predicted molar refractivity (Wildman–Crippen MR) is 215 cm³/mol. The lowest BCUT2D eigenvalue weighted by Crippen LogP contribution is -2.37. The summed E-state index contributed by atoms with van der Waals surface area (Å²) in [6.07, 6.45) is 10.2. The maximum absolute atomic E-state index is 11.7. The molecule has 0 radical (unpaired) electrons. The lowest BCUT2D eigenvalue weighted by molar-refractivity contribution is -0.00715. The molecule has 0 saturated carbocycles. The van der Waals surface area contributed by atoms with Crippen LogP contribution in [0.2, 0.25) is 0 Å². The number of fused-ring (bicyclic) bond motifs is 1. The van der Waals surface area contributed by atoms with Crippen molar-refractivity contribution < 1.29 is 30.3 Å². The number of nitrogens with zero attached hydrogens (tertiary/aromatic N) is 1. The molecule has 292 valence electrons. The summed E-state index contributed by atoms with van der Waals surface area (Å²) in [5.41, 5.74) is 10.1. The Hall–Kier alpha value is -4.59. The molecule has 2 aliphatic carbocycles. The van der Waals surface area contributed by atoms with Gasteiger partial charge >= 0.3 is 0 Å². The van der Waals surface area contributed by atoms with Gasteiger partial charge in [-0.05, 0) is 103 Å². The van der Waals surface area contributed by atoms with E-state index < -0.39 is 30.3 Å². The molecule has 9 nitrogen and oxygen atoms in total. The fraction of sp³-hybridized carbons (Fsp3) is 0.457. The number of hydrogen-bond acceptors (Lipinski definition) is 8. The monoisotopic (exact) mass is 747 g/mol. The average molecular weight is 748 g/mol. The molecule has 2 aromatic heterocycles. The van der Waals surface area contributed by atoms with Gasteiger partial charge in [0.2, 0.25) is 0 Å². The first-order chi connectivity index (χ1) is 26.7. The average Bonchev–Trinajstić information content (AvgIpc) is 3.63. The number of nitrogens with one attached hydrogen (secondary N) is 1. The van der Waals surface area contributed by atoms with E-state index in [0.29, 0.717) is 37.4 Å². The van der Waals surface area contributed by atoms with Gasteiger partial charge in [0.15, 0.2) is 11.5 Å². The first kappa shape index (κ1) is 40.1. The number of aromatic hydroxyl groups is 1. The number of hydrogen-bond donors (Lipinski definition) is 7. The Balaban J connectivity index is 1.25. The van der Waals surface area contributed by atoms with E-state index in [9.17, 15) is 25.5 Å². The van der Waals surface area contributed by atoms with Crippen molar-refractivity contribution in [3.05, 3.63) is 120 Å². The number of allylic oxidation sites excluding steroid dienone is 2. The summed E-state index contributed by atoms with van der Waals surface area (Å²) < 4.78 is 6.48. The first-order valence-corrected chi connectivity index (χ1v) is 19.9. The van der Waals surface area contributed by atoms with Gasteiger partial charge in [0, 0.05) is 54.8 Å². The molecule has 8 N–H and O–H groups in total. The van der Waals surface area contributed by atoms with Crippen molar-refractivity contribution in [2.24, 2.45) is 23.7 Å². The van der Waals surface area contributed by atoms with Gasteiger partial charge < -0.3 is 41.0 Å². The van der Waals surface area contributed by atoms with E-state index in [0.717, 1.165) is 42.5 Å². The first-order valence-electron chi connectivity index (χ1n) is 19.9. The van der Waals surface area contributed by atoms with Crippen LogP contribution >= 0.6 is 0 Å². The molecule has 9 heteroatoms. The normalized spacial score (nSPS) is 25.0. The van der Waals surface area contributed by atoms with Crippen molar-refractivity contribution in [2.75, 3.05) is 12.3 Å². The lowest BCUT2D eigenvalue weighted by Gasteiger charge is -2.31. The third kappa shape index (κ3) is 10.8. The summed E-state index contributed by atoms with van der Waals surface area (Å²) in [6.45, 7) is 2.04. The van der Waals surface area contributed by atoms with Crippen LogP contribution in [-0.2, 0) is 12.8 Å². The minimum Gasteiger partial charge on any atom is -0.504 e. The number of aliphatic hydroxyl groups excluding tert-OH is 4. The minimum absolute atomic E-state index is 0.0803. The molecule has 55 heavy (non-hydrogen) atoms. The number of aliphatic hydroxyl groups is 4. The number of phenolic OH excluding ortho intramolecular Hbond substituents is 1. The molecule has 0 bridgehead atoms. The van der Waals surface area contributed by atoms with Gasteiger partial charge in [-0.1, -0.05) is 80.2 Å². The fourth-order valence-corrected chi connectivity index (χ4v) is 8.46. The van der Waals surface area contributed by atoms with Crippen molar-refractivity contribution >= 4 is 5.82 Å². The van der Waals surface area contributed by atoms with Gasteiger partial charge in [-0.15, -0.1) is 0 Å². The van der Waals surface area contributed by atoms with Crippen LogP contribution in [0.1, 0.15) is 86.1 Å². The van der Waals surface area contributed by atoms with Crippen molar-refractivity contribution in [3.63, 3.8) is 0 Å². The Bertz CT molecular complexity index is 1870. The van der Waals surface area contributed by atoms with Crippen molar-refractivity contribution in [1.29, 1.82) is 0 Å². The molecule has 2 heterocycles. The SMILES string of the molecule is C[C@H](Cc1ccccc1)[C@H]1C#C[C@@H]2C=C[C@H](c3ccc(O)c(O[C@H](C[C@H](Cc4ccc[nH]4)c4ccnc(N)c4)[C@H](O)CCO)c3)C[C@@H](O)[C@H]2[C@@H](O)CCCC1. The van der Waals surface area contributed by atoms with E-state index >= 15 is 0 Å². The van der Waals surface area contributed by atoms with E-state index in [2.05, 4.69) is 65.2 Å². The lowest BCUT2D eigenvalue weighted by atomic mass is 9.78. The summed E-state index contributed by atoms with van der Waals surface area (Å²) in [4.78, 5) is 7.42. The summed E-state index contributed by atoms with van der Waals surface area (Å²) in [5, 5.41) is 55.3. The molecular weight excluding hydrogens is 691 g/mol. The molecule has 0 spiro atoms. The molecule has 10 atom stereocenters. The number of anilines is 1. The highest BCUT2D eigenvalue weighted by atomic mass is 16.5. The number of H-pyrrole nitrogens is 1. The van der Waals surface area contributed by atoms with Crippen LogP contribution in [0, 0.1) is 35.5 Å². The van der Waals surface area contributed by atoms with Gasteiger partial charge in [0.05, 0.1) is 18.3 Å². The van der Waals surface area contributed by atoms with E-state index in [-0.39, 0.29) is 48.2 Å². The summed E-state index contributed by atoms with van der Waals surface area (Å²) in [5.74, 6) is 7.10. The zero-order valence-corrected chi connectivity index (χ0v) is 31.8. The van der Waals surface area contributed by atoms with Crippen LogP contribution in [0.15, 0.2) is 97.3 Å². The Morgan fingerprint density at radius 2 is 1.76 bits per heavy atom. The van der Waals surface area contributed by atoms with Gasteiger partial charge in [-0.25, -0.2) is 4.98 Å². The van der Waals surface area contributed by atoms with E-state index in [1.54, 1.807) is 18.3 Å².